The first-order valence-corrected chi connectivity index (χ1v) is 10.0. The summed E-state index contributed by atoms with van der Waals surface area (Å²) in [6.45, 7) is 6.91. The van der Waals surface area contributed by atoms with Crippen molar-refractivity contribution in [3.8, 4) is 0 Å². The minimum atomic E-state index is -0.0980. The SMILES string of the molecule is CCCCC(CCCC)(CCCC)CCCCCC(=O)OP. The van der Waals surface area contributed by atoms with Crippen LogP contribution in [-0.2, 0) is 9.32 Å². The summed E-state index contributed by atoms with van der Waals surface area (Å²) in [5.74, 6) is -0.0980. The maximum atomic E-state index is 11.2. The highest BCUT2D eigenvalue weighted by Crippen LogP contribution is 2.41. The molecule has 0 fully saturated rings. The highest BCUT2D eigenvalue weighted by molar-refractivity contribution is 7.10. The van der Waals surface area contributed by atoms with Gasteiger partial charge in [-0.3, -0.25) is 4.79 Å². The number of carbonyl (C=O) groups excluding carboxylic acids is 1. The van der Waals surface area contributed by atoms with E-state index in [-0.39, 0.29) is 5.97 Å². The fourth-order valence-corrected chi connectivity index (χ4v) is 3.53. The second kappa shape index (κ2) is 14.5. The van der Waals surface area contributed by atoms with Crippen LogP contribution in [0.15, 0.2) is 0 Å². The molecule has 22 heavy (non-hydrogen) atoms. The molecular formula is C19H39O2P. The zero-order chi connectivity index (χ0) is 16.7. The maximum Gasteiger partial charge on any atom is 0.307 e. The quantitative estimate of drug-likeness (QED) is 0.243. The molecule has 1 unspecified atom stereocenters. The third-order valence-electron chi connectivity index (χ3n) is 4.90. The summed E-state index contributed by atoms with van der Waals surface area (Å²) in [6, 6.07) is 0. The molecule has 0 bridgehead atoms. The number of hydrogen-bond donors (Lipinski definition) is 0. The third kappa shape index (κ3) is 10.6. The topological polar surface area (TPSA) is 26.3 Å². The highest BCUT2D eigenvalue weighted by atomic mass is 31.0. The van der Waals surface area contributed by atoms with Crippen molar-refractivity contribution in [2.24, 2.45) is 5.41 Å². The van der Waals surface area contributed by atoms with Gasteiger partial charge in [-0.1, -0.05) is 72.1 Å². The van der Waals surface area contributed by atoms with Gasteiger partial charge in [-0.05, 0) is 37.5 Å². The van der Waals surface area contributed by atoms with Crippen molar-refractivity contribution < 1.29 is 9.32 Å². The molecule has 2 nitrogen and oxygen atoms in total. The maximum absolute atomic E-state index is 11.2. The molecule has 3 heteroatoms. The Morgan fingerprint density at radius 3 is 1.64 bits per heavy atom. The van der Waals surface area contributed by atoms with Crippen LogP contribution in [0.1, 0.15) is 111 Å². The van der Waals surface area contributed by atoms with Gasteiger partial charge >= 0.3 is 5.97 Å². The van der Waals surface area contributed by atoms with E-state index in [4.69, 9.17) is 0 Å². The van der Waals surface area contributed by atoms with Gasteiger partial charge in [0.2, 0.25) is 0 Å². The molecule has 0 aliphatic carbocycles. The standard InChI is InChI=1S/C19H39O2P/c1-4-7-14-19(15-8-5-2,16-9-6-3)17-12-10-11-13-18(20)21-22/h4-17,22H2,1-3H3. The number of rotatable bonds is 15. The van der Waals surface area contributed by atoms with Crippen LogP contribution in [0.4, 0.5) is 0 Å². The van der Waals surface area contributed by atoms with Crippen molar-refractivity contribution in [1.29, 1.82) is 0 Å². The predicted octanol–water partition coefficient (Wildman–Crippen LogP) is 6.83. The van der Waals surface area contributed by atoms with Gasteiger partial charge in [-0.2, -0.15) is 0 Å². The van der Waals surface area contributed by atoms with Gasteiger partial charge in [0.1, 0.15) is 0 Å². The smallest absolute Gasteiger partial charge is 0.307 e. The summed E-state index contributed by atoms with van der Waals surface area (Å²) < 4.78 is 4.63. The molecule has 0 saturated heterocycles. The molecule has 0 aromatic rings. The summed E-state index contributed by atoms with van der Waals surface area (Å²) in [6.07, 6.45) is 17.5. The molecule has 0 rings (SSSR count). The van der Waals surface area contributed by atoms with E-state index in [1.807, 2.05) is 9.47 Å². The largest absolute Gasteiger partial charge is 0.452 e. The van der Waals surface area contributed by atoms with Crippen LogP contribution in [-0.4, -0.2) is 5.97 Å². The summed E-state index contributed by atoms with van der Waals surface area (Å²) in [4.78, 5) is 11.2. The predicted molar refractivity (Wildman–Crippen MR) is 99.9 cm³/mol. The Hall–Kier alpha value is -0.100. The van der Waals surface area contributed by atoms with E-state index in [2.05, 4.69) is 25.3 Å². The van der Waals surface area contributed by atoms with E-state index < -0.39 is 0 Å². The normalized spacial score (nSPS) is 11.6. The molecule has 0 aromatic carbocycles. The molecule has 0 aliphatic heterocycles. The zero-order valence-electron chi connectivity index (χ0n) is 15.3. The van der Waals surface area contributed by atoms with E-state index >= 15 is 0 Å². The molecule has 0 radical (unpaired) electrons. The van der Waals surface area contributed by atoms with Crippen molar-refractivity contribution >= 4 is 15.4 Å². The second-order valence-corrected chi connectivity index (χ2v) is 7.10. The fourth-order valence-electron chi connectivity index (χ4n) is 3.41. The van der Waals surface area contributed by atoms with Crippen LogP contribution in [0.25, 0.3) is 0 Å². The first-order valence-electron chi connectivity index (χ1n) is 9.53. The van der Waals surface area contributed by atoms with Crippen LogP contribution in [0.5, 0.6) is 0 Å². The molecule has 0 aliphatic rings. The number of carbonyl (C=O) groups is 1. The Labute approximate surface area is 141 Å². The van der Waals surface area contributed by atoms with E-state index in [9.17, 15) is 4.79 Å². The summed E-state index contributed by atoms with van der Waals surface area (Å²) in [5.41, 5.74) is 0.573. The molecule has 0 saturated carbocycles. The first kappa shape index (κ1) is 21.9. The summed E-state index contributed by atoms with van der Waals surface area (Å²) >= 11 is 0. The lowest BCUT2D eigenvalue weighted by atomic mass is 9.71. The minimum absolute atomic E-state index is 0.0980. The second-order valence-electron chi connectivity index (χ2n) is 6.86. The summed E-state index contributed by atoms with van der Waals surface area (Å²) in [5, 5.41) is 0. The van der Waals surface area contributed by atoms with E-state index in [0.717, 1.165) is 12.8 Å². The Morgan fingerprint density at radius 1 is 0.773 bits per heavy atom. The molecule has 0 N–H and O–H groups in total. The van der Waals surface area contributed by atoms with Crippen LogP contribution < -0.4 is 0 Å². The van der Waals surface area contributed by atoms with Gasteiger partial charge in [-0.25, -0.2) is 0 Å². The third-order valence-corrected chi connectivity index (χ3v) is 5.16. The van der Waals surface area contributed by atoms with Crippen LogP contribution in [0.3, 0.4) is 0 Å². The van der Waals surface area contributed by atoms with Gasteiger partial charge in [0, 0.05) is 6.42 Å². The van der Waals surface area contributed by atoms with E-state index in [0.29, 0.717) is 11.8 Å². The van der Waals surface area contributed by atoms with E-state index in [1.165, 1.54) is 70.6 Å². The van der Waals surface area contributed by atoms with Crippen LogP contribution in [0.2, 0.25) is 0 Å². The molecule has 132 valence electrons. The van der Waals surface area contributed by atoms with Crippen LogP contribution in [0, 0.1) is 5.41 Å². The van der Waals surface area contributed by atoms with Gasteiger partial charge in [0.05, 0.1) is 9.47 Å². The lowest BCUT2D eigenvalue weighted by Crippen LogP contribution is -2.21. The van der Waals surface area contributed by atoms with Crippen molar-refractivity contribution in [3.63, 3.8) is 0 Å². The molecule has 0 heterocycles. The van der Waals surface area contributed by atoms with Crippen molar-refractivity contribution in [3.05, 3.63) is 0 Å². The monoisotopic (exact) mass is 330 g/mol. The van der Waals surface area contributed by atoms with E-state index in [1.54, 1.807) is 0 Å². The average Bonchev–Trinajstić information content (AvgIpc) is 2.55. The zero-order valence-corrected chi connectivity index (χ0v) is 16.4. The van der Waals surface area contributed by atoms with Crippen molar-refractivity contribution in [2.75, 3.05) is 0 Å². The van der Waals surface area contributed by atoms with Gasteiger partial charge in [-0.15, -0.1) is 0 Å². The van der Waals surface area contributed by atoms with Crippen LogP contribution >= 0.6 is 9.47 Å². The average molecular weight is 330 g/mol. The summed E-state index contributed by atoms with van der Waals surface area (Å²) in [7, 11) is 2.04. The first-order chi connectivity index (χ1) is 10.6. The van der Waals surface area contributed by atoms with Crippen molar-refractivity contribution in [2.45, 2.75) is 111 Å². The Bertz CT molecular complexity index is 244. The Kier molecular flexibility index (Phi) is 14.4. The fraction of sp³-hybridized carbons (Fsp3) is 0.947. The molecule has 1 atom stereocenters. The minimum Gasteiger partial charge on any atom is -0.452 e. The van der Waals surface area contributed by atoms with Crippen molar-refractivity contribution in [1.82, 2.24) is 0 Å². The molecule has 0 amide bonds. The Balaban J connectivity index is 4.35. The molecular weight excluding hydrogens is 291 g/mol. The van der Waals surface area contributed by atoms with Gasteiger partial charge < -0.3 is 4.52 Å². The lowest BCUT2D eigenvalue weighted by molar-refractivity contribution is -0.133. The number of unbranched alkanes of at least 4 members (excludes halogenated alkanes) is 5. The number of hydrogen-bond acceptors (Lipinski definition) is 2. The lowest BCUT2D eigenvalue weighted by Gasteiger charge is -2.35. The molecule has 0 spiro atoms. The van der Waals surface area contributed by atoms with Gasteiger partial charge in [0.15, 0.2) is 0 Å². The highest BCUT2D eigenvalue weighted by Gasteiger charge is 2.27. The van der Waals surface area contributed by atoms with Gasteiger partial charge in [0.25, 0.3) is 0 Å². The Morgan fingerprint density at radius 2 is 1.23 bits per heavy atom. The molecule has 0 aromatic heterocycles.